The van der Waals surface area contributed by atoms with Crippen LogP contribution >= 0.6 is 0 Å². The van der Waals surface area contributed by atoms with E-state index >= 15 is 0 Å². The molecule has 24 heavy (non-hydrogen) atoms. The second kappa shape index (κ2) is 7.59. The maximum atomic E-state index is 4.49. The Hall–Kier alpha value is -2.88. The number of rotatable bonds is 4. The highest BCUT2D eigenvalue weighted by Crippen LogP contribution is 2.15. The molecule has 4 heteroatoms. The molecule has 0 unspecified atom stereocenters. The van der Waals surface area contributed by atoms with E-state index in [0.717, 1.165) is 29.0 Å². The highest BCUT2D eigenvalue weighted by molar-refractivity contribution is 5.83. The Bertz CT molecular complexity index is 850. The van der Waals surface area contributed by atoms with Crippen molar-refractivity contribution in [2.45, 2.75) is 20.0 Å². The van der Waals surface area contributed by atoms with Crippen molar-refractivity contribution >= 4 is 16.9 Å². The third-order valence-corrected chi connectivity index (χ3v) is 4.09. The maximum Gasteiger partial charge on any atom is 0.191 e. The first-order chi connectivity index (χ1) is 11.8. The molecule has 0 aliphatic heterocycles. The molecular weight excluding hydrogens is 296 g/mol. The van der Waals surface area contributed by atoms with Crippen molar-refractivity contribution in [3.8, 4) is 0 Å². The Morgan fingerprint density at radius 3 is 2.42 bits per heavy atom. The number of guanidine groups is 1. The molecule has 0 aliphatic rings. The molecule has 2 aromatic carbocycles. The minimum Gasteiger partial charge on any atom is -0.352 e. The first-order valence-electron chi connectivity index (χ1n) is 8.09. The molecule has 0 saturated heterocycles. The molecule has 0 fully saturated rings. The van der Waals surface area contributed by atoms with Crippen molar-refractivity contribution in [2.75, 3.05) is 7.05 Å². The molecule has 1 heterocycles. The van der Waals surface area contributed by atoms with E-state index in [9.17, 15) is 0 Å². The predicted octanol–water partition coefficient (Wildman–Crippen LogP) is 3.41. The summed E-state index contributed by atoms with van der Waals surface area (Å²) in [5.74, 6) is 0.784. The molecule has 0 aliphatic carbocycles. The summed E-state index contributed by atoms with van der Waals surface area (Å²) < 4.78 is 0. The summed E-state index contributed by atoms with van der Waals surface area (Å²) in [7, 11) is 1.79. The molecule has 4 nitrogen and oxygen atoms in total. The molecule has 3 aromatic rings. The monoisotopic (exact) mass is 318 g/mol. The van der Waals surface area contributed by atoms with Gasteiger partial charge in [0.15, 0.2) is 5.96 Å². The van der Waals surface area contributed by atoms with Gasteiger partial charge in [0, 0.05) is 31.7 Å². The van der Waals surface area contributed by atoms with E-state index in [1.165, 1.54) is 11.1 Å². The maximum absolute atomic E-state index is 4.49. The summed E-state index contributed by atoms with van der Waals surface area (Å²) in [5, 5.41) is 7.88. The van der Waals surface area contributed by atoms with Crippen LogP contribution in [0.1, 0.15) is 16.7 Å². The lowest BCUT2D eigenvalue weighted by Crippen LogP contribution is -2.36. The highest BCUT2D eigenvalue weighted by atomic mass is 15.2. The van der Waals surface area contributed by atoms with Gasteiger partial charge in [-0.2, -0.15) is 0 Å². The number of pyridine rings is 1. The van der Waals surface area contributed by atoms with Crippen molar-refractivity contribution in [3.05, 3.63) is 77.5 Å². The predicted molar refractivity (Wildman–Crippen MR) is 100.0 cm³/mol. The fraction of sp³-hybridized carbons (Fsp3) is 0.200. The number of hydrogen-bond acceptors (Lipinski definition) is 2. The third-order valence-electron chi connectivity index (χ3n) is 4.09. The lowest BCUT2D eigenvalue weighted by molar-refractivity contribution is 0.808. The standard InChI is InChI=1S/C20H22N4/c1-15-7-3-4-8-17(15)13-23-20(21-2)24-14-18-10-5-9-16-11-6-12-22-19(16)18/h3-12H,13-14H2,1-2H3,(H2,21,23,24). The topological polar surface area (TPSA) is 49.3 Å². The number of benzene rings is 2. The van der Waals surface area contributed by atoms with Crippen LogP contribution in [0, 0.1) is 6.92 Å². The second-order valence-corrected chi connectivity index (χ2v) is 5.70. The molecule has 2 N–H and O–H groups in total. The van der Waals surface area contributed by atoms with E-state index < -0.39 is 0 Å². The van der Waals surface area contributed by atoms with Crippen molar-refractivity contribution in [3.63, 3.8) is 0 Å². The molecule has 0 bridgehead atoms. The van der Waals surface area contributed by atoms with Gasteiger partial charge in [0.2, 0.25) is 0 Å². The average Bonchev–Trinajstić information content (AvgIpc) is 2.63. The van der Waals surface area contributed by atoms with Crippen LogP contribution in [0.4, 0.5) is 0 Å². The zero-order valence-corrected chi connectivity index (χ0v) is 14.1. The van der Waals surface area contributed by atoms with Crippen LogP contribution in [0.3, 0.4) is 0 Å². The van der Waals surface area contributed by atoms with E-state index in [4.69, 9.17) is 0 Å². The Morgan fingerprint density at radius 2 is 1.62 bits per heavy atom. The van der Waals surface area contributed by atoms with Gasteiger partial charge in [0.25, 0.3) is 0 Å². The quantitative estimate of drug-likeness (QED) is 0.572. The van der Waals surface area contributed by atoms with E-state index in [1.54, 1.807) is 7.05 Å². The average molecular weight is 318 g/mol. The molecule has 0 spiro atoms. The smallest absolute Gasteiger partial charge is 0.191 e. The van der Waals surface area contributed by atoms with Gasteiger partial charge >= 0.3 is 0 Å². The minimum absolute atomic E-state index is 0.682. The van der Waals surface area contributed by atoms with Gasteiger partial charge in [-0.3, -0.25) is 9.98 Å². The number of nitrogens with one attached hydrogen (secondary N) is 2. The highest BCUT2D eigenvalue weighted by Gasteiger charge is 2.04. The Balaban J connectivity index is 1.65. The molecule has 1 aromatic heterocycles. The number of aliphatic imine (C=N–C) groups is 1. The van der Waals surface area contributed by atoms with Gasteiger partial charge < -0.3 is 10.6 Å². The number of hydrogen-bond donors (Lipinski definition) is 2. The van der Waals surface area contributed by atoms with Crippen molar-refractivity contribution in [2.24, 2.45) is 4.99 Å². The van der Waals surface area contributed by atoms with Crippen LogP contribution in [0.2, 0.25) is 0 Å². The third kappa shape index (κ3) is 3.71. The van der Waals surface area contributed by atoms with E-state index in [2.05, 4.69) is 76.1 Å². The lowest BCUT2D eigenvalue weighted by Gasteiger charge is -2.14. The summed E-state index contributed by atoms with van der Waals surface area (Å²) in [5.41, 5.74) is 4.74. The van der Waals surface area contributed by atoms with Gasteiger partial charge in [-0.05, 0) is 29.7 Å². The van der Waals surface area contributed by atoms with Gasteiger partial charge in [-0.25, -0.2) is 0 Å². The van der Waals surface area contributed by atoms with Gasteiger partial charge in [0.05, 0.1) is 5.52 Å². The van der Waals surface area contributed by atoms with Crippen LogP contribution in [-0.4, -0.2) is 18.0 Å². The number of fused-ring (bicyclic) bond motifs is 1. The van der Waals surface area contributed by atoms with Crippen LogP contribution in [0.5, 0.6) is 0 Å². The largest absolute Gasteiger partial charge is 0.352 e. The molecule has 0 radical (unpaired) electrons. The van der Waals surface area contributed by atoms with Gasteiger partial charge in [-0.1, -0.05) is 48.5 Å². The molecule has 0 amide bonds. The fourth-order valence-corrected chi connectivity index (χ4v) is 2.70. The molecule has 3 rings (SSSR count). The van der Waals surface area contributed by atoms with Crippen LogP contribution < -0.4 is 10.6 Å². The Kier molecular flexibility index (Phi) is 5.06. The SMILES string of the molecule is CN=C(NCc1ccccc1C)NCc1cccc2cccnc12. The van der Waals surface area contributed by atoms with Crippen LogP contribution in [0.15, 0.2) is 65.8 Å². The first kappa shape index (κ1) is 16.0. The second-order valence-electron chi connectivity index (χ2n) is 5.70. The fourth-order valence-electron chi connectivity index (χ4n) is 2.70. The summed E-state index contributed by atoms with van der Waals surface area (Å²) in [6.45, 7) is 3.55. The molecule has 0 saturated carbocycles. The van der Waals surface area contributed by atoms with E-state index in [1.807, 2.05) is 12.3 Å². The van der Waals surface area contributed by atoms with Gasteiger partial charge in [-0.15, -0.1) is 0 Å². The van der Waals surface area contributed by atoms with Crippen molar-refractivity contribution < 1.29 is 0 Å². The molecule has 0 atom stereocenters. The molecule has 122 valence electrons. The number of aryl methyl sites for hydroxylation is 1. The van der Waals surface area contributed by atoms with Gasteiger partial charge in [0.1, 0.15) is 0 Å². The summed E-state index contributed by atoms with van der Waals surface area (Å²) in [4.78, 5) is 8.79. The molecular formula is C20H22N4. The minimum atomic E-state index is 0.682. The van der Waals surface area contributed by atoms with Crippen LogP contribution in [-0.2, 0) is 13.1 Å². The Labute approximate surface area is 142 Å². The zero-order valence-electron chi connectivity index (χ0n) is 14.1. The normalized spacial score (nSPS) is 11.5. The Morgan fingerprint density at radius 1 is 0.917 bits per heavy atom. The lowest BCUT2D eigenvalue weighted by atomic mass is 10.1. The zero-order chi connectivity index (χ0) is 16.8. The van der Waals surface area contributed by atoms with Crippen molar-refractivity contribution in [1.29, 1.82) is 0 Å². The first-order valence-corrected chi connectivity index (χ1v) is 8.09. The van der Waals surface area contributed by atoms with Crippen LogP contribution in [0.25, 0.3) is 10.9 Å². The van der Waals surface area contributed by atoms with Crippen molar-refractivity contribution in [1.82, 2.24) is 15.6 Å². The van der Waals surface area contributed by atoms with E-state index in [-0.39, 0.29) is 0 Å². The summed E-state index contributed by atoms with van der Waals surface area (Å²) in [6, 6.07) is 18.6. The summed E-state index contributed by atoms with van der Waals surface area (Å²) in [6.07, 6.45) is 1.83. The van der Waals surface area contributed by atoms with E-state index in [0.29, 0.717) is 6.54 Å². The number of para-hydroxylation sites is 1. The number of nitrogens with zero attached hydrogens (tertiary/aromatic N) is 2. The number of aromatic nitrogens is 1. The summed E-state index contributed by atoms with van der Waals surface area (Å²) >= 11 is 0.